The zero-order valence-corrected chi connectivity index (χ0v) is 17.8. The SMILES string of the molecule is COC(=O)COc1ccc(SCCNS(=O)(=O)c2cc(Cl)cc(Cl)c2O)cc1. The Morgan fingerprint density at radius 3 is 2.54 bits per heavy atom. The van der Waals surface area contributed by atoms with Gasteiger partial charge in [0.05, 0.1) is 12.1 Å². The largest absolute Gasteiger partial charge is 0.505 e. The number of aromatic hydroxyl groups is 1. The molecule has 0 unspecified atom stereocenters. The number of esters is 1. The number of hydrogen-bond donors (Lipinski definition) is 2. The zero-order valence-electron chi connectivity index (χ0n) is 14.6. The minimum atomic E-state index is -3.96. The summed E-state index contributed by atoms with van der Waals surface area (Å²) in [5.41, 5.74) is 0. The number of phenolic OH excluding ortho intramolecular Hbond substituents is 1. The van der Waals surface area contributed by atoms with Gasteiger partial charge in [0.1, 0.15) is 10.6 Å². The zero-order chi connectivity index (χ0) is 20.7. The Labute approximate surface area is 177 Å². The van der Waals surface area contributed by atoms with E-state index < -0.39 is 21.7 Å². The third kappa shape index (κ3) is 6.46. The molecule has 152 valence electrons. The Kier molecular flexibility index (Phi) is 8.26. The molecule has 0 aromatic heterocycles. The van der Waals surface area contributed by atoms with E-state index in [2.05, 4.69) is 9.46 Å². The molecule has 0 spiro atoms. The van der Waals surface area contributed by atoms with Gasteiger partial charge in [0.2, 0.25) is 10.0 Å². The fourth-order valence-electron chi connectivity index (χ4n) is 2.00. The normalized spacial score (nSPS) is 11.2. The van der Waals surface area contributed by atoms with Crippen LogP contribution in [0, 0.1) is 0 Å². The van der Waals surface area contributed by atoms with Crippen molar-refractivity contribution < 1.29 is 27.8 Å². The van der Waals surface area contributed by atoms with E-state index in [9.17, 15) is 18.3 Å². The molecule has 0 amide bonds. The predicted octanol–water partition coefficient (Wildman–Crippen LogP) is 3.32. The number of methoxy groups -OCH3 is 1. The Morgan fingerprint density at radius 1 is 1.21 bits per heavy atom. The molecular formula is C17H17Cl2NO6S2. The van der Waals surface area contributed by atoms with Gasteiger partial charge >= 0.3 is 5.97 Å². The lowest BCUT2D eigenvalue weighted by molar-refractivity contribution is -0.142. The van der Waals surface area contributed by atoms with E-state index in [1.165, 1.54) is 24.9 Å². The van der Waals surface area contributed by atoms with Crippen LogP contribution in [0.2, 0.25) is 10.0 Å². The summed E-state index contributed by atoms with van der Waals surface area (Å²) >= 11 is 13.0. The maximum atomic E-state index is 12.3. The van der Waals surface area contributed by atoms with E-state index in [1.807, 2.05) is 0 Å². The second-order valence-corrected chi connectivity index (χ2v) is 9.06. The van der Waals surface area contributed by atoms with Crippen LogP contribution in [0.1, 0.15) is 0 Å². The Bertz CT molecular complexity index is 935. The lowest BCUT2D eigenvalue weighted by atomic mass is 10.3. The standard InChI is InChI=1S/C17H17Cl2NO6S2/c1-25-16(21)10-26-12-2-4-13(5-3-12)27-7-6-20-28(23,24)15-9-11(18)8-14(19)17(15)22/h2-5,8-9,20,22H,6-7,10H2,1H3. The molecule has 2 aromatic carbocycles. The number of carbonyl (C=O) groups is 1. The summed E-state index contributed by atoms with van der Waals surface area (Å²) in [5, 5.41) is 9.82. The van der Waals surface area contributed by atoms with Crippen LogP contribution in [0.15, 0.2) is 46.2 Å². The van der Waals surface area contributed by atoms with E-state index >= 15 is 0 Å². The second-order valence-electron chi connectivity index (χ2n) is 5.32. The number of hydrogen-bond acceptors (Lipinski definition) is 7. The molecule has 7 nitrogen and oxygen atoms in total. The Hall–Kier alpha value is -1.65. The molecule has 2 rings (SSSR count). The van der Waals surface area contributed by atoms with Gasteiger partial charge < -0.3 is 14.6 Å². The van der Waals surface area contributed by atoms with E-state index in [0.29, 0.717) is 11.5 Å². The first kappa shape index (κ1) is 22.6. The number of phenols is 1. The number of ether oxygens (including phenoxy) is 2. The Morgan fingerprint density at radius 2 is 1.89 bits per heavy atom. The van der Waals surface area contributed by atoms with E-state index in [0.717, 1.165) is 11.0 Å². The maximum Gasteiger partial charge on any atom is 0.343 e. The predicted molar refractivity (Wildman–Crippen MR) is 108 cm³/mol. The minimum Gasteiger partial charge on any atom is -0.505 e. The summed E-state index contributed by atoms with van der Waals surface area (Å²) in [6, 6.07) is 9.35. The van der Waals surface area contributed by atoms with Gasteiger partial charge in [-0.2, -0.15) is 0 Å². The molecule has 2 N–H and O–H groups in total. The second kappa shape index (κ2) is 10.2. The third-order valence-electron chi connectivity index (χ3n) is 3.35. The summed E-state index contributed by atoms with van der Waals surface area (Å²) in [6.07, 6.45) is 0. The molecule has 0 saturated heterocycles. The van der Waals surface area contributed by atoms with E-state index in [1.54, 1.807) is 24.3 Å². The van der Waals surface area contributed by atoms with Crippen molar-refractivity contribution in [1.29, 1.82) is 0 Å². The van der Waals surface area contributed by atoms with Crippen LogP contribution in [-0.4, -0.2) is 45.5 Å². The highest BCUT2D eigenvalue weighted by Gasteiger charge is 2.21. The maximum absolute atomic E-state index is 12.3. The van der Waals surface area contributed by atoms with Gasteiger partial charge in [-0.05, 0) is 36.4 Å². The van der Waals surface area contributed by atoms with Crippen molar-refractivity contribution in [2.75, 3.05) is 26.0 Å². The van der Waals surface area contributed by atoms with Gasteiger partial charge in [-0.1, -0.05) is 23.2 Å². The average Bonchev–Trinajstić information content (AvgIpc) is 2.67. The Balaban J connectivity index is 1.86. The highest BCUT2D eigenvalue weighted by Crippen LogP contribution is 2.34. The summed E-state index contributed by atoms with van der Waals surface area (Å²) in [7, 11) is -2.68. The van der Waals surface area contributed by atoms with Crippen molar-refractivity contribution in [1.82, 2.24) is 4.72 Å². The van der Waals surface area contributed by atoms with Gasteiger partial charge in [0.25, 0.3) is 0 Å². The topological polar surface area (TPSA) is 102 Å². The molecule has 0 heterocycles. The molecule has 0 atom stereocenters. The molecule has 0 aliphatic rings. The van der Waals surface area contributed by atoms with Crippen LogP contribution in [-0.2, 0) is 19.6 Å². The van der Waals surface area contributed by atoms with Crippen LogP contribution in [0.25, 0.3) is 0 Å². The van der Waals surface area contributed by atoms with Gasteiger partial charge in [-0.25, -0.2) is 17.9 Å². The monoisotopic (exact) mass is 465 g/mol. The molecule has 0 bridgehead atoms. The number of rotatable bonds is 9. The van der Waals surface area contributed by atoms with Crippen molar-refractivity contribution in [2.45, 2.75) is 9.79 Å². The van der Waals surface area contributed by atoms with Crippen LogP contribution in [0.3, 0.4) is 0 Å². The highest BCUT2D eigenvalue weighted by molar-refractivity contribution is 7.99. The summed E-state index contributed by atoms with van der Waals surface area (Å²) in [6.45, 7) is -0.0533. The first-order valence-corrected chi connectivity index (χ1v) is 11.1. The number of sulfonamides is 1. The van der Waals surface area contributed by atoms with Crippen molar-refractivity contribution >= 4 is 51.0 Å². The fraction of sp³-hybridized carbons (Fsp3) is 0.235. The van der Waals surface area contributed by atoms with Crippen molar-refractivity contribution in [3.05, 3.63) is 46.4 Å². The van der Waals surface area contributed by atoms with Gasteiger partial charge in [0.15, 0.2) is 12.4 Å². The van der Waals surface area contributed by atoms with Crippen molar-refractivity contribution in [3.63, 3.8) is 0 Å². The molecule has 0 aliphatic heterocycles. The van der Waals surface area contributed by atoms with Gasteiger partial charge in [-0.15, -0.1) is 11.8 Å². The first-order chi connectivity index (χ1) is 13.2. The number of benzene rings is 2. The van der Waals surface area contributed by atoms with Gasteiger partial charge in [0, 0.05) is 22.2 Å². The molecule has 0 aliphatic carbocycles. The fourth-order valence-corrected chi connectivity index (χ4v) is 4.69. The van der Waals surface area contributed by atoms with E-state index in [-0.39, 0.29) is 28.1 Å². The average molecular weight is 466 g/mol. The molecule has 28 heavy (non-hydrogen) atoms. The highest BCUT2D eigenvalue weighted by atomic mass is 35.5. The van der Waals surface area contributed by atoms with Crippen LogP contribution in [0.4, 0.5) is 0 Å². The molecule has 2 aromatic rings. The van der Waals surface area contributed by atoms with Crippen LogP contribution >= 0.6 is 35.0 Å². The van der Waals surface area contributed by atoms with E-state index in [4.69, 9.17) is 27.9 Å². The van der Waals surface area contributed by atoms with Crippen LogP contribution in [0.5, 0.6) is 11.5 Å². The van der Waals surface area contributed by atoms with Crippen molar-refractivity contribution in [2.24, 2.45) is 0 Å². The van der Waals surface area contributed by atoms with Crippen molar-refractivity contribution in [3.8, 4) is 11.5 Å². The summed E-state index contributed by atoms with van der Waals surface area (Å²) in [5.74, 6) is -0.0632. The summed E-state index contributed by atoms with van der Waals surface area (Å²) < 4.78 is 36.7. The lowest BCUT2D eigenvalue weighted by Crippen LogP contribution is -2.26. The lowest BCUT2D eigenvalue weighted by Gasteiger charge is -2.10. The molecule has 0 saturated carbocycles. The molecule has 0 radical (unpaired) electrons. The smallest absolute Gasteiger partial charge is 0.343 e. The minimum absolute atomic E-state index is 0.104. The number of thioether (sulfide) groups is 1. The molecule has 11 heteroatoms. The molecule has 0 fully saturated rings. The molecular weight excluding hydrogens is 449 g/mol. The number of halogens is 2. The quantitative estimate of drug-likeness (QED) is 0.332. The number of carbonyl (C=O) groups excluding carboxylic acids is 1. The number of nitrogens with one attached hydrogen (secondary N) is 1. The third-order valence-corrected chi connectivity index (χ3v) is 6.35. The first-order valence-electron chi connectivity index (χ1n) is 7.83. The summed E-state index contributed by atoms with van der Waals surface area (Å²) in [4.78, 5) is 11.5. The van der Waals surface area contributed by atoms with Gasteiger partial charge in [-0.3, -0.25) is 0 Å². The van der Waals surface area contributed by atoms with Crippen LogP contribution < -0.4 is 9.46 Å².